The van der Waals surface area contributed by atoms with Crippen molar-refractivity contribution in [3.63, 3.8) is 0 Å². The zero-order valence-electron chi connectivity index (χ0n) is 11.9. The average Bonchev–Trinajstić information content (AvgIpc) is 2.74. The summed E-state index contributed by atoms with van der Waals surface area (Å²) in [6, 6.07) is 0.445. The molecule has 1 fully saturated rings. The van der Waals surface area contributed by atoms with E-state index in [-0.39, 0.29) is 5.60 Å². The van der Waals surface area contributed by atoms with Crippen LogP contribution in [0.2, 0.25) is 0 Å². The summed E-state index contributed by atoms with van der Waals surface area (Å²) in [6.45, 7) is 9.60. The molecule has 0 bridgehead atoms. The van der Waals surface area contributed by atoms with Gasteiger partial charge in [0.2, 0.25) is 0 Å². The zero-order valence-corrected chi connectivity index (χ0v) is 11.9. The lowest BCUT2D eigenvalue weighted by Crippen LogP contribution is -2.52. The maximum atomic E-state index is 6.00. The number of rotatable bonds is 8. The van der Waals surface area contributed by atoms with E-state index in [1.807, 2.05) is 0 Å². The van der Waals surface area contributed by atoms with Gasteiger partial charge in [-0.25, -0.2) is 0 Å². The van der Waals surface area contributed by atoms with Crippen LogP contribution in [0.4, 0.5) is 0 Å². The van der Waals surface area contributed by atoms with Crippen LogP contribution in [0.25, 0.3) is 0 Å². The smallest absolute Gasteiger partial charge is 0.0810 e. The van der Waals surface area contributed by atoms with Crippen molar-refractivity contribution < 1.29 is 9.47 Å². The van der Waals surface area contributed by atoms with Gasteiger partial charge in [-0.1, -0.05) is 13.8 Å². The van der Waals surface area contributed by atoms with Crippen LogP contribution in [-0.2, 0) is 9.47 Å². The first kappa shape index (κ1) is 14.9. The van der Waals surface area contributed by atoms with Gasteiger partial charge in [0.15, 0.2) is 0 Å². The molecule has 3 unspecified atom stereocenters. The third-order valence-electron chi connectivity index (χ3n) is 3.87. The molecule has 0 spiro atoms. The van der Waals surface area contributed by atoms with Crippen LogP contribution in [0.1, 0.15) is 46.5 Å². The van der Waals surface area contributed by atoms with Crippen LogP contribution in [0, 0.1) is 5.92 Å². The average molecular weight is 243 g/mol. The molecule has 17 heavy (non-hydrogen) atoms. The fraction of sp³-hybridized carbons (Fsp3) is 1.00. The summed E-state index contributed by atoms with van der Waals surface area (Å²) in [6.07, 6.45) is 4.63. The summed E-state index contributed by atoms with van der Waals surface area (Å²) >= 11 is 0. The molecule has 102 valence electrons. The molecule has 1 aliphatic rings. The molecule has 0 aromatic carbocycles. The molecule has 3 heteroatoms. The minimum atomic E-state index is 0.0162. The molecule has 0 amide bonds. The Hall–Kier alpha value is -0.120. The summed E-state index contributed by atoms with van der Waals surface area (Å²) in [5.41, 5.74) is 0.0162. The highest BCUT2D eigenvalue weighted by atomic mass is 16.5. The Labute approximate surface area is 106 Å². The number of hydrogen-bond donors (Lipinski definition) is 1. The second kappa shape index (κ2) is 7.34. The first-order valence-corrected chi connectivity index (χ1v) is 7.00. The van der Waals surface area contributed by atoms with Crippen LogP contribution >= 0.6 is 0 Å². The normalized spacial score (nSPS) is 28.2. The van der Waals surface area contributed by atoms with Crippen LogP contribution < -0.4 is 5.32 Å². The minimum absolute atomic E-state index is 0.0162. The van der Waals surface area contributed by atoms with Crippen molar-refractivity contribution in [2.45, 2.75) is 58.1 Å². The second-order valence-electron chi connectivity index (χ2n) is 5.46. The Balaban J connectivity index is 2.58. The van der Waals surface area contributed by atoms with Crippen molar-refractivity contribution in [2.75, 3.05) is 26.9 Å². The first-order valence-electron chi connectivity index (χ1n) is 7.00. The molecule has 1 N–H and O–H groups in total. The zero-order chi connectivity index (χ0) is 12.7. The molecule has 0 saturated carbocycles. The minimum Gasteiger partial charge on any atom is -0.385 e. The van der Waals surface area contributed by atoms with E-state index in [1.54, 1.807) is 7.11 Å². The van der Waals surface area contributed by atoms with E-state index in [0.717, 1.165) is 26.2 Å². The summed E-state index contributed by atoms with van der Waals surface area (Å²) in [7, 11) is 1.77. The molecule has 1 aliphatic heterocycles. The van der Waals surface area contributed by atoms with Gasteiger partial charge in [0, 0.05) is 26.4 Å². The Morgan fingerprint density at radius 1 is 1.47 bits per heavy atom. The summed E-state index contributed by atoms with van der Waals surface area (Å²) in [5.74, 6) is 0.588. The molecule has 0 radical (unpaired) electrons. The Morgan fingerprint density at radius 3 is 2.76 bits per heavy atom. The molecule has 1 saturated heterocycles. The molecular formula is C14H29NO2. The molecule has 0 aliphatic carbocycles. The van der Waals surface area contributed by atoms with E-state index in [4.69, 9.17) is 9.47 Å². The van der Waals surface area contributed by atoms with Crippen molar-refractivity contribution in [3.05, 3.63) is 0 Å². The number of ether oxygens (including phenoxy) is 2. The standard InChI is InChI=1S/C14H29NO2/c1-5-9-15-13(12(2)7-11-16-4)14(3)8-6-10-17-14/h12-13,15H,5-11H2,1-4H3. The Kier molecular flexibility index (Phi) is 6.45. The maximum absolute atomic E-state index is 6.00. The second-order valence-corrected chi connectivity index (χ2v) is 5.46. The topological polar surface area (TPSA) is 30.5 Å². The highest BCUT2D eigenvalue weighted by molar-refractivity contribution is 4.95. The van der Waals surface area contributed by atoms with Crippen LogP contribution in [-0.4, -0.2) is 38.5 Å². The van der Waals surface area contributed by atoms with Crippen molar-refractivity contribution in [1.82, 2.24) is 5.32 Å². The van der Waals surface area contributed by atoms with Gasteiger partial charge in [-0.3, -0.25) is 0 Å². The van der Waals surface area contributed by atoms with Crippen molar-refractivity contribution >= 4 is 0 Å². The maximum Gasteiger partial charge on any atom is 0.0810 e. The highest BCUT2D eigenvalue weighted by Gasteiger charge is 2.40. The van der Waals surface area contributed by atoms with Gasteiger partial charge in [0.05, 0.1) is 5.60 Å². The fourth-order valence-corrected chi connectivity index (χ4v) is 2.84. The molecule has 1 heterocycles. The van der Waals surface area contributed by atoms with Crippen molar-refractivity contribution in [1.29, 1.82) is 0 Å². The Morgan fingerprint density at radius 2 is 2.24 bits per heavy atom. The largest absolute Gasteiger partial charge is 0.385 e. The van der Waals surface area contributed by atoms with E-state index < -0.39 is 0 Å². The van der Waals surface area contributed by atoms with E-state index in [0.29, 0.717) is 12.0 Å². The molecule has 0 aromatic rings. The van der Waals surface area contributed by atoms with Gasteiger partial charge in [-0.2, -0.15) is 0 Å². The lowest BCUT2D eigenvalue weighted by Gasteiger charge is -2.38. The van der Waals surface area contributed by atoms with Gasteiger partial charge in [0.1, 0.15) is 0 Å². The van der Waals surface area contributed by atoms with Gasteiger partial charge in [-0.15, -0.1) is 0 Å². The summed E-state index contributed by atoms with van der Waals surface area (Å²) in [4.78, 5) is 0. The molecular weight excluding hydrogens is 214 g/mol. The van der Waals surface area contributed by atoms with Gasteiger partial charge in [0.25, 0.3) is 0 Å². The predicted molar refractivity (Wildman–Crippen MR) is 71.3 cm³/mol. The van der Waals surface area contributed by atoms with Crippen molar-refractivity contribution in [2.24, 2.45) is 5.92 Å². The quantitative estimate of drug-likeness (QED) is 0.711. The Bertz CT molecular complexity index is 202. The molecule has 3 nitrogen and oxygen atoms in total. The van der Waals surface area contributed by atoms with Crippen LogP contribution in [0.3, 0.4) is 0 Å². The SMILES string of the molecule is CCCNC(C(C)CCOC)C1(C)CCCO1. The van der Waals surface area contributed by atoms with Crippen LogP contribution in [0.5, 0.6) is 0 Å². The third-order valence-corrected chi connectivity index (χ3v) is 3.87. The van der Waals surface area contributed by atoms with Gasteiger partial charge >= 0.3 is 0 Å². The summed E-state index contributed by atoms with van der Waals surface area (Å²) in [5, 5.41) is 3.68. The molecule has 1 rings (SSSR count). The van der Waals surface area contributed by atoms with E-state index in [2.05, 4.69) is 26.1 Å². The number of nitrogens with one attached hydrogen (secondary N) is 1. The van der Waals surface area contributed by atoms with Gasteiger partial charge < -0.3 is 14.8 Å². The summed E-state index contributed by atoms with van der Waals surface area (Å²) < 4.78 is 11.2. The lowest BCUT2D eigenvalue weighted by atomic mass is 9.83. The molecule has 0 aromatic heterocycles. The monoisotopic (exact) mass is 243 g/mol. The van der Waals surface area contributed by atoms with Gasteiger partial charge in [-0.05, 0) is 45.1 Å². The van der Waals surface area contributed by atoms with Crippen molar-refractivity contribution in [3.8, 4) is 0 Å². The number of hydrogen-bond acceptors (Lipinski definition) is 3. The first-order chi connectivity index (χ1) is 8.14. The fourth-order valence-electron chi connectivity index (χ4n) is 2.84. The predicted octanol–water partition coefficient (Wildman–Crippen LogP) is 2.60. The van der Waals surface area contributed by atoms with E-state index in [9.17, 15) is 0 Å². The third kappa shape index (κ3) is 4.23. The lowest BCUT2D eigenvalue weighted by molar-refractivity contribution is -0.0299. The van der Waals surface area contributed by atoms with E-state index >= 15 is 0 Å². The molecule has 3 atom stereocenters. The van der Waals surface area contributed by atoms with Crippen LogP contribution in [0.15, 0.2) is 0 Å². The number of methoxy groups -OCH3 is 1. The van der Waals surface area contributed by atoms with E-state index in [1.165, 1.54) is 19.3 Å². The highest BCUT2D eigenvalue weighted by Crippen LogP contribution is 2.33.